The molecule has 1 amide bonds. The third-order valence-corrected chi connectivity index (χ3v) is 3.97. The number of halogens is 1. The van der Waals surface area contributed by atoms with Crippen LogP contribution in [0.4, 0.5) is 0 Å². The molecule has 0 aromatic heterocycles. The van der Waals surface area contributed by atoms with E-state index in [4.69, 9.17) is 0 Å². The predicted octanol–water partition coefficient (Wildman–Crippen LogP) is 2.69. The van der Waals surface area contributed by atoms with Gasteiger partial charge < -0.3 is 10.2 Å². The van der Waals surface area contributed by atoms with Crippen molar-refractivity contribution in [3.05, 3.63) is 0 Å². The molecule has 1 aliphatic rings. The minimum Gasteiger partial charge on any atom is -0.342 e. The molecule has 4 heteroatoms. The Morgan fingerprint density at radius 2 is 2.00 bits per heavy atom. The largest absolute Gasteiger partial charge is 0.342 e. The van der Waals surface area contributed by atoms with Gasteiger partial charge in [-0.1, -0.05) is 26.7 Å². The van der Waals surface area contributed by atoms with Crippen molar-refractivity contribution in [2.24, 2.45) is 11.8 Å². The molecule has 3 nitrogen and oxygen atoms in total. The van der Waals surface area contributed by atoms with Crippen LogP contribution in [0.25, 0.3) is 0 Å². The number of carbonyl (C=O) groups excluding carboxylic acids is 1. The highest BCUT2D eigenvalue weighted by atomic mass is 35.5. The van der Waals surface area contributed by atoms with Gasteiger partial charge in [0.15, 0.2) is 0 Å². The number of nitrogens with one attached hydrogen (secondary N) is 1. The van der Waals surface area contributed by atoms with Crippen LogP contribution >= 0.6 is 12.4 Å². The lowest BCUT2D eigenvalue weighted by Crippen LogP contribution is -2.44. The Labute approximate surface area is 118 Å². The zero-order chi connectivity index (χ0) is 12.7. The van der Waals surface area contributed by atoms with E-state index in [0.29, 0.717) is 11.8 Å². The van der Waals surface area contributed by atoms with E-state index in [-0.39, 0.29) is 18.3 Å². The standard InChI is InChI=1S/C14H28N2O.ClH/c1-4-12(5-2)11-16(6-3)14(17)13-8-7-9-15-10-13;/h12-13,15H,4-11H2,1-3H3;1H. The number of hydrogen-bond acceptors (Lipinski definition) is 2. The van der Waals surface area contributed by atoms with Crippen molar-refractivity contribution in [1.29, 1.82) is 0 Å². The topological polar surface area (TPSA) is 32.3 Å². The van der Waals surface area contributed by atoms with E-state index < -0.39 is 0 Å². The van der Waals surface area contributed by atoms with Gasteiger partial charge in [0.05, 0.1) is 5.92 Å². The van der Waals surface area contributed by atoms with Crippen LogP contribution in [0.1, 0.15) is 46.5 Å². The molecule has 1 N–H and O–H groups in total. The van der Waals surface area contributed by atoms with Gasteiger partial charge in [-0.25, -0.2) is 0 Å². The molecule has 1 saturated heterocycles. The number of hydrogen-bond donors (Lipinski definition) is 1. The average molecular weight is 277 g/mol. The maximum atomic E-state index is 12.4. The molecule has 0 aliphatic carbocycles. The first kappa shape index (κ1) is 17.7. The minimum absolute atomic E-state index is 0. The molecule has 0 spiro atoms. The van der Waals surface area contributed by atoms with Crippen LogP contribution < -0.4 is 5.32 Å². The van der Waals surface area contributed by atoms with Crippen LogP contribution in [0, 0.1) is 11.8 Å². The fraction of sp³-hybridized carbons (Fsp3) is 0.929. The molecule has 1 fully saturated rings. The molecule has 0 bridgehead atoms. The first-order chi connectivity index (χ1) is 8.22. The molecule has 1 rings (SSSR count). The molecule has 18 heavy (non-hydrogen) atoms. The molecular formula is C14H29ClN2O. The van der Waals surface area contributed by atoms with E-state index in [2.05, 4.69) is 31.0 Å². The van der Waals surface area contributed by atoms with Gasteiger partial charge in [0.1, 0.15) is 0 Å². The summed E-state index contributed by atoms with van der Waals surface area (Å²) in [5.41, 5.74) is 0. The van der Waals surface area contributed by atoms with Crippen molar-refractivity contribution < 1.29 is 4.79 Å². The molecule has 1 unspecified atom stereocenters. The van der Waals surface area contributed by atoms with Crippen LogP contribution in [0.2, 0.25) is 0 Å². The van der Waals surface area contributed by atoms with Crippen LogP contribution in [-0.4, -0.2) is 37.0 Å². The predicted molar refractivity (Wildman–Crippen MR) is 79.2 cm³/mol. The SMILES string of the molecule is CCC(CC)CN(CC)C(=O)C1CCCNC1.Cl. The Morgan fingerprint density at radius 3 is 2.44 bits per heavy atom. The van der Waals surface area contributed by atoms with Crippen LogP contribution in [0.5, 0.6) is 0 Å². The highest BCUT2D eigenvalue weighted by Crippen LogP contribution is 2.16. The van der Waals surface area contributed by atoms with Gasteiger partial charge in [-0.15, -0.1) is 12.4 Å². The smallest absolute Gasteiger partial charge is 0.226 e. The number of carbonyl (C=O) groups is 1. The lowest BCUT2D eigenvalue weighted by Gasteiger charge is -2.31. The normalized spacial score (nSPS) is 19.4. The monoisotopic (exact) mass is 276 g/mol. The van der Waals surface area contributed by atoms with Gasteiger partial charge in [-0.3, -0.25) is 4.79 Å². The molecular weight excluding hydrogens is 248 g/mol. The van der Waals surface area contributed by atoms with Crippen LogP contribution in [0.3, 0.4) is 0 Å². The summed E-state index contributed by atoms with van der Waals surface area (Å²) in [5.74, 6) is 1.25. The van der Waals surface area contributed by atoms with E-state index in [1.165, 1.54) is 12.8 Å². The van der Waals surface area contributed by atoms with Crippen molar-refractivity contribution in [2.45, 2.75) is 46.5 Å². The van der Waals surface area contributed by atoms with Crippen molar-refractivity contribution in [2.75, 3.05) is 26.2 Å². The van der Waals surface area contributed by atoms with Crippen LogP contribution in [-0.2, 0) is 4.79 Å². The third kappa shape index (κ3) is 5.15. The highest BCUT2D eigenvalue weighted by molar-refractivity contribution is 5.85. The summed E-state index contributed by atoms with van der Waals surface area (Å²) in [7, 11) is 0. The summed E-state index contributed by atoms with van der Waals surface area (Å²) in [4.78, 5) is 14.4. The summed E-state index contributed by atoms with van der Waals surface area (Å²) >= 11 is 0. The van der Waals surface area contributed by atoms with Gasteiger partial charge in [-0.05, 0) is 32.2 Å². The molecule has 1 atom stereocenters. The lowest BCUT2D eigenvalue weighted by atomic mass is 9.96. The van der Waals surface area contributed by atoms with Gasteiger partial charge in [-0.2, -0.15) is 0 Å². The molecule has 0 radical (unpaired) electrons. The average Bonchev–Trinajstić information content (AvgIpc) is 2.40. The quantitative estimate of drug-likeness (QED) is 0.809. The second kappa shape index (κ2) is 9.62. The second-order valence-electron chi connectivity index (χ2n) is 5.10. The fourth-order valence-electron chi connectivity index (χ4n) is 2.55. The summed E-state index contributed by atoms with van der Waals surface area (Å²) in [6, 6.07) is 0. The Kier molecular flexibility index (Phi) is 9.47. The Morgan fingerprint density at radius 1 is 1.33 bits per heavy atom. The highest BCUT2D eigenvalue weighted by Gasteiger charge is 2.25. The summed E-state index contributed by atoms with van der Waals surface area (Å²) < 4.78 is 0. The van der Waals surface area contributed by atoms with E-state index in [1.54, 1.807) is 0 Å². The molecule has 0 saturated carbocycles. The van der Waals surface area contributed by atoms with Crippen molar-refractivity contribution >= 4 is 18.3 Å². The van der Waals surface area contributed by atoms with Gasteiger partial charge in [0, 0.05) is 19.6 Å². The summed E-state index contributed by atoms with van der Waals surface area (Å²) in [6.07, 6.45) is 4.54. The zero-order valence-corrected chi connectivity index (χ0v) is 12.9. The van der Waals surface area contributed by atoms with Crippen LogP contribution in [0.15, 0.2) is 0 Å². The lowest BCUT2D eigenvalue weighted by molar-refractivity contribution is -0.136. The molecule has 0 aromatic rings. The maximum Gasteiger partial charge on any atom is 0.226 e. The fourth-order valence-corrected chi connectivity index (χ4v) is 2.55. The Bertz CT molecular complexity index is 226. The van der Waals surface area contributed by atoms with E-state index in [0.717, 1.165) is 39.0 Å². The molecule has 0 aromatic carbocycles. The number of amides is 1. The van der Waals surface area contributed by atoms with Crippen molar-refractivity contribution in [3.8, 4) is 0 Å². The molecule has 108 valence electrons. The zero-order valence-electron chi connectivity index (χ0n) is 12.1. The number of rotatable bonds is 6. The maximum absolute atomic E-state index is 12.4. The summed E-state index contributed by atoms with van der Waals surface area (Å²) in [5, 5.41) is 3.33. The Balaban J connectivity index is 0.00000289. The summed E-state index contributed by atoms with van der Waals surface area (Å²) in [6.45, 7) is 10.3. The van der Waals surface area contributed by atoms with E-state index in [1.807, 2.05) is 0 Å². The van der Waals surface area contributed by atoms with E-state index >= 15 is 0 Å². The first-order valence-electron chi connectivity index (χ1n) is 7.22. The van der Waals surface area contributed by atoms with Gasteiger partial charge >= 0.3 is 0 Å². The first-order valence-corrected chi connectivity index (χ1v) is 7.22. The van der Waals surface area contributed by atoms with Crippen molar-refractivity contribution in [1.82, 2.24) is 10.2 Å². The van der Waals surface area contributed by atoms with Crippen molar-refractivity contribution in [3.63, 3.8) is 0 Å². The minimum atomic E-state index is 0. The van der Waals surface area contributed by atoms with Gasteiger partial charge in [0.25, 0.3) is 0 Å². The van der Waals surface area contributed by atoms with E-state index in [9.17, 15) is 4.79 Å². The Hall–Kier alpha value is -0.280. The molecule has 1 heterocycles. The number of piperidine rings is 1. The van der Waals surface area contributed by atoms with Gasteiger partial charge in [0.2, 0.25) is 5.91 Å². The third-order valence-electron chi connectivity index (χ3n) is 3.97. The molecule has 1 aliphatic heterocycles. The number of nitrogens with zero attached hydrogens (tertiary/aromatic N) is 1. The second-order valence-corrected chi connectivity index (χ2v) is 5.10.